The van der Waals surface area contributed by atoms with Crippen LogP contribution in [0.3, 0.4) is 0 Å². The zero-order valence-electron chi connectivity index (χ0n) is 18.4. The first-order chi connectivity index (χ1) is 15.4. The monoisotopic (exact) mass is 436 g/mol. The second kappa shape index (κ2) is 9.35. The molecule has 0 atom stereocenters. The fourth-order valence-corrected chi connectivity index (χ4v) is 4.21. The van der Waals surface area contributed by atoms with Gasteiger partial charge in [0, 0.05) is 47.8 Å². The normalized spacial score (nSPS) is 15.1. The van der Waals surface area contributed by atoms with Crippen LogP contribution in [0, 0.1) is 13.8 Å². The van der Waals surface area contributed by atoms with Crippen molar-refractivity contribution in [3.63, 3.8) is 0 Å². The van der Waals surface area contributed by atoms with Crippen LogP contribution in [0.25, 0.3) is 5.65 Å². The van der Waals surface area contributed by atoms with Gasteiger partial charge in [-0.2, -0.15) is 0 Å². The molecule has 2 aromatic heterocycles. The third kappa shape index (κ3) is 5.05. The number of hydrogen-bond acceptors (Lipinski definition) is 5. The van der Waals surface area contributed by atoms with E-state index in [0.717, 1.165) is 48.6 Å². The lowest BCUT2D eigenvalue weighted by atomic mass is 10.0. The number of fused-ring (bicyclic) bond motifs is 1. The SMILES string of the molecule is Cc1nc2cc(=O)[nH]n2c(C)c1CC(=O)NC1CCN(CC(=O)Nc2ccccc2)CC1. The Morgan fingerprint density at radius 3 is 2.56 bits per heavy atom. The number of aromatic amines is 1. The number of piperidine rings is 1. The van der Waals surface area contributed by atoms with Gasteiger partial charge in [-0.1, -0.05) is 18.2 Å². The van der Waals surface area contributed by atoms with Gasteiger partial charge in [0.2, 0.25) is 11.8 Å². The molecule has 9 nitrogen and oxygen atoms in total. The van der Waals surface area contributed by atoms with E-state index in [4.69, 9.17) is 0 Å². The molecule has 32 heavy (non-hydrogen) atoms. The van der Waals surface area contributed by atoms with Crippen molar-refractivity contribution in [1.82, 2.24) is 24.8 Å². The number of carbonyl (C=O) groups is 2. The number of aryl methyl sites for hydroxylation is 2. The van der Waals surface area contributed by atoms with E-state index in [2.05, 4.69) is 25.6 Å². The van der Waals surface area contributed by atoms with E-state index in [0.29, 0.717) is 12.2 Å². The first-order valence-electron chi connectivity index (χ1n) is 10.8. The van der Waals surface area contributed by atoms with E-state index in [1.54, 1.807) is 4.52 Å². The maximum absolute atomic E-state index is 12.7. The van der Waals surface area contributed by atoms with Crippen molar-refractivity contribution in [2.75, 3.05) is 25.0 Å². The fraction of sp³-hybridized carbons (Fsp3) is 0.391. The first kappa shape index (κ1) is 21.8. The van der Waals surface area contributed by atoms with Crippen LogP contribution >= 0.6 is 0 Å². The first-order valence-corrected chi connectivity index (χ1v) is 10.8. The maximum Gasteiger partial charge on any atom is 0.266 e. The highest BCUT2D eigenvalue weighted by Crippen LogP contribution is 2.15. The Hall–Kier alpha value is -3.46. The van der Waals surface area contributed by atoms with E-state index in [-0.39, 0.29) is 29.8 Å². The molecule has 1 aliphatic heterocycles. The van der Waals surface area contributed by atoms with Crippen molar-refractivity contribution in [3.8, 4) is 0 Å². The Kier molecular flexibility index (Phi) is 6.36. The molecule has 2 amide bonds. The van der Waals surface area contributed by atoms with Crippen LogP contribution in [0.4, 0.5) is 5.69 Å². The Morgan fingerprint density at radius 1 is 1.12 bits per heavy atom. The molecular weight excluding hydrogens is 408 g/mol. The number of benzene rings is 1. The number of nitrogens with one attached hydrogen (secondary N) is 3. The summed E-state index contributed by atoms with van der Waals surface area (Å²) in [5, 5.41) is 8.73. The Balaban J connectivity index is 1.27. The molecule has 1 saturated heterocycles. The summed E-state index contributed by atoms with van der Waals surface area (Å²) >= 11 is 0. The summed E-state index contributed by atoms with van der Waals surface area (Å²) < 4.78 is 1.62. The van der Waals surface area contributed by atoms with Gasteiger partial charge < -0.3 is 10.6 Å². The molecule has 1 aliphatic rings. The topological polar surface area (TPSA) is 112 Å². The Bertz CT molecular complexity index is 1180. The summed E-state index contributed by atoms with van der Waals surface area (Å²) in [4.78, 5) is 43.1. The second-order valence-corrected chi connectivity index (χ2v) is 8.28. The number of hydrogen-bond donors (Lipinski definition) is 3. The van der Waals surface area contributed by atoms with Gasteiger partial charge in [0.1, 0.15) is 0 Å². The van der Waals surface area contributed by atoms with Crippen LogP contribution in [-0.2, 0) is 16.0 Å². The fourth-order valence-electron chi connectivity index (χ4n) is 4.21. The molecule has 1 fully saturated rings. The molecule has 3 N–H and O–H groups in total. The van der Waals surface area contributed by atoms with Crippen molar-refractivity contribution in [2.24, 2.45) is 0 Å². The Morgan fingerprint density at radius 2 is 1.84 bits per heavy atom. The van der Waals surface area contributed by atoms with Gasteiger partial charge in [-0.05, 0) is 38.8 Å². The number of H-pyrrole nitrogens is 1. The molecule has 3 aromatic rings. The van der Waals surface area contributed by atoms with E-state index >= 15 is 0 Å². The van der Waals surface area contributed by atoms with Crippen LogP contribution in [0.1, 0.15) is 29.8 Å². The average molecular weight is 437 g/mol. The largest absolute Gasteiger partial charge is 0.353 e. The minimum atomic E-state index is -0.217. The van der Waals surface area contributed by atoms with Crippen LogP contribution in [0.15, 0.2) is 41.2 Å². The number of rotatable bonds is 6. The molecule has 0 bridgehead atoms. The molecule has 0 aliphatic carbocycles. The minimum Gasteiger partial charge on any atom is -0.353 e. The molecule has 0 saturated carbocycles. The summed E-state index contributed by atoms with van der Waals surface area (Å²) in [6.45, 7) is 5.58. The number of para-hydroxylation sites is 1. The number of amides is 2. The molecule has 9 heteroatoms. The van der Waals surface area contributed by atoms with Crippen molar-refractivity contribution in [2.45, 2.75) is 39.2 Å². The number of anilines is 1. The lowest BCUT2D eigenvalue weighted by Gasteiger charge is -2.32. The molecule has 0 spiro atoms. The molecule has 0 unspecified atom stereocenters. The highest BCUT2D eigenvalue weighted by Gasteiger charge is 2.23. The molecular formula is C23H28N6O3. The van der Waals surface area contributed by atoms with Crippen molar-refractivity contribution < 1.29 is 9.59 Å². The number of likely N-dealkylation sites (tertiary alicyclic amines) is 1. The van der Waals surface area contributed by atoms with Gasteiger partial charge in [-0.25, -0.2) is 9.50 Å². The zero-order valence-corrected chi connectivity index (χ0v) is 18.4. The van der Waals surface area contributed by atoms with E-state index < -0.39 is 0 Å². The summed E-state index contributed by atoms with van der Waals surface area (Å²) in [7, 11) is 0. The third-order valence-electron chi connectivity index (χ3n) is 5.92. The van der Waals surface area contributed by atoms with Crippen LogP contribution in [0.5, 0.6) is 0 Å². The molecule has 3 heterocycles. The predicted octanol–water partition coefficient (Wildman–Crippen LogP) is 1.40. The summed E-state index contributed by atoms with van der Waals surface area (Å²) in [5.41, 5.74) is 3.50. The third-order valence-corrected chi connectivity index (χ3v) is 5.92. The average Bonchev–Trinajstić information content (AvgIpc) is 3.13. The number of nitrogens with zero attached hydrogens (tertiary/aromatic N) is 3. The summed E-state index contributed by atoms with van der Waals surface area (Å²) in [6.07, 6.45) is 1.80. The van der Waals surface area contributed by atoms with Gasteiger partial charge in [0.25, 0.3) is 5.56 Å². The van der Waals surface area contributed by atoms with Gasteiger partial charge >= 0.3 is 0 Å². The molecule has 4 rings (SSSR count). The molecule has 0 radical (unpaired) electrons. The van der Waals surface area contributed by atoms with E-state index in [1.165, 1.54) is 6.07 Å². The highest BCUT2D eigenvalue weighted by atomic mass is 16.2. The van der Waals surface area contributed by atoms with Crippen molar-refractivity contribution >= 4 is 23.1 Å². The van der Waals surface area contributed by atoms with Crippen molar-refractivity contribution in [3.05, 3.63) is 63.7 Å². The number of aromatic nitrogens is 3. The lowest BCUT2D eigenvalue weighted by molar-refractivity contribution is -0.122. The van der Waals surface area contributed by atoms with Crippen LogP contribution in [-0.4, -0.2) is 57.0 Å². The van der Waals surface area contributed by atoms with Gasteiger partial charge in [-0.3, -0.25) is 24.4 Å². The molecule has 168 valence electrons. The van der Waals surface area contributed by atoms with Crippen LogP contribution in [0.2, 0.25) is 0 Å². The second-order valence-electron chi connectivity index (χ2n) is 8.28. The minimum absolute atomic E-state index is 0.0319. The zero-order chi connectivity index (χ0) is 22.7. The molecule has 1 aromatic carbocycles. The van der Waals surface area contributed by atoms with Crippen LogP contribution < -0.4 is 16.2 Å². The summed E-state index contributed by atoms with van der Waals surface area (Å²) in [6, 6.07) is 10.9. The maximum atomic E-state index is 12.7. The lowest BCUT2D eigenvalue weighted by Crippen LogP contribution is -2.47. The smallest absolute Gasteiger partial charge is 0.266 e. The van der Waals surface area contributed by atoms with Gasteiger partial charge in [-0.15, -0.1) is 0 Å². The predicted molar refractivity (Wildman–Crippen MR) is 122 cm³/mol. The standard InChI is InChI=1S/C23H28N6O3/c1-15-19(16(2)29-20(24-15)13-22(31)27-29)12-21(30)25-18-8-10-28(11-9-18)14-23(32)26-17-6-4-3-5-7-17/h3-7,13,18H,8-12,14H2,1-2H3,(H,25,30)(H,26,32)(H,27,31). The highest BCUT2D eigenvalue weighted by molar-refractivity contribution is 5.92. The van der Waals surface area contributed by atoms with E-state index in [9.17, 15) is 14.4 Å². The quantitative estimate of drug-likeness (QED) is 0.541. The van der Waals surface area contributed by atoms with Gasteiger partial charge in [0.15, 0.2) is 5.65 Å². The summed E-state index contributed by atoms with van der Waals surface area (Å²) in [5.74, 6) is -0.0947. The van der Waals surface area contributed by atoms with Gasteiger partial charge in [0.05, 0.1) is 13.0 Å². The van der Waals surface area contributed by atoms with Crippen molar-refractivity contribution in [1.29, 1.82) is 0 Å². The van der Waals surface area contributed by atoms with E-state index in [1.807, 2.05) is 44.2 Å². The Labute approximate surface area is 185 Å². The number of carbonyl (C=O) groups excluding carboxylic acids is 2.